The van der Waals surface area contributed by atoms with Gasteiger partial charge in [0, 0.05) is 18.7 Å². The van der Waals surface area contributed by atoms with Crippen molar-refractivity contribution in [3.05, 3.63) is 48.0 Å². The van der Waals surface area contributed by atoms with E-state index in [0.29, 0.717) is 12.1 Å². The number of nitriles is 1. The predicted molar refractivity (Wildman–Crippen MR) is 92.2 cm³/mol. The summed E-state index contributed by atoms with van der Waals surface area (Å²) in [7, 11) is 0. The van der Waals surface area contributed by atoms with Gasteiger partial charge < -0.3 is 14.4 Å². The molecule has 5 nitrogen and oxygen atoms in total. The van der Waals surface area contributed by atoms with E-state index in [1.807, 2.05) is 42.5 Å². The SMILES string of the molecule is N#CC1CCCN(C(=O)c2ccc(-c3ccc4c(c3)OCO4)cc2)C1. The molecule has 126 valence electrons. The van der Waals surface area contributed by atoms with Crippen LogP contribution in [0.4, 0.5) is 0 Å². The fourth-order valence-electron chi connectivity index (χ4n) is 3.33. The van der Waals surface area contributed by atoms with E-state index in [2.05, 4.69) is 6.07 Å². The minimum absolute atomic E-state index is 0.00260. The maximum absolute atomic E-state index is 12.6. The number of carbonyl (C=O) groups is 1. The number of piperidine rings is 1. The quantitative estimate of drug-likeness (QED) is 0.844. The van der Waals surface area contributed by atoms with E-state index in [-0.39, 0.29) is 18.6 Å². The van der Waals surface area contributed by atoms with Crippen LogP contribution in [0.1, 0.15) is 23.2 Å². The summed E-state index contributed by atoms with van der Waals surface area (Å²) in [4.78, 5) is 14.4. The Morgan fingerprint density at radius 2 is 1.84 bits per heavy atom. The van der Waals surface area contributed by atoms with Crippen LogP contribution in [0.2, 0.25) is 0 Å². The van der Waals surface area contributed by atoms with Crippen molar-refractivity contribution < 1.29 is 14.3 Å². The van der Waals surface area contributed by atoms with Gasteiger partial charge >= 0.3 is 0 Å². The first kappa shape index (κ1) is 15.5. The molecule has 2 aliphatic heterocycles. The van der Waals surface area contributed by atoms with Gasteiger partial charge in [0.05, 0.1) is 12.0 Å². The molecule has 0 aliphatic carbocycles. The Labute approximate surface area is 146 Å². The lowest BCUT2D eigenvalue weighted by Crippen LogP contribution is -2.39. The van der Waals surface area contributed by atoms with E-state index >= 15 is 0 Å². The van der Waals surface area contributed by atoms with Gasteiger partial charge in [-0.15, -0.1) is 0 Å². The van der Waals surface area contributed by atoms with E-state index in [4.69, 9.17) is 14.7 Å². The number of amides is 1. The maximum atomic E-state index is 12.6. The average molecular weight is 334 g/mol. The molecule has 2 aromatic carbocycles. The van der Waals surface area contributed by atoms with Crippen molar-refractivity contribution in [2.45, 2.75) is 12.8 Å². The van der Waals surface area contributed by atoms with E-state index in [1.54, 1.807) is 4.90 Å². The smallest absolute Gasteiger partial charge is 0.253 e. The normalized spacial score (nSPS) is 18.7. The molecule has 1 fully saturated rings. The second kappa shape index (κ2) is 6.48. The van der Waals surface area contributed by atoms with E-state index in [9.17, 15) is 4.79 Å². The fraction of sp³-hybridized carbons (Fsp3) is 0.300. The molecule has 1 saturated heterocycles. The first-order valence-corrected chi connectivity index (χ1v) is 8.43. The highest BCUT2D eigenvalue weighted by molar-refractivity contribution is 5.94. The zero-order valence-corrected chi connectivity index (χ0v) is 13.8. The second-order valence-electron chi connectivity index (χ2n) is 6.36. The number of rotatable bonds is 2. The van der Waals surface area contributed by atoms with Crippen molar-refractivity contribution in [1.82, 2.24) is 4.90 Å². The highest BCUT2D eigenvalue weighted by Crippen LogP contribution is 2.36. The summed E-state index contributed by atoms with van der Waals surface area (Å²) < 4.78 is 10.7. The number of likely N-dealkylation sites (tertiary alicyclic amines) is 1. The van der Waals surface area contributed by atoms with Crippen LogP contribution in [0.25, 0.3) is 11.1 Å². The molecule has 1 amide bonds. The van der Waals surface area contributed by atoms with Crippen molar-refractivity contribution >= 4 is 5.91 Å². The van der Waals surface area contributed by atoms with E-state index in [0.717, 1.165) is 42.0 Å². The predicted octanol–water partition coefficient (Wildman–Crippen LogP) is 3.46. The lowest BCUT2D eigenvalue weighted by atomic mass is 9.98. The van der Waals surface area contributed by atoms with Gasteiger partial charge in [-0.25, -0.2) is 0 Å². The van der Waals surface area contributed by atoms with E-state index < -0.39 is 0 Å². The Kier molecular flexibility index (Phi) is 4.02. The lowest BCUT2D eigenvalue weighted by molar-refractivity contribution is 0.0699. The van der Waals surface area contributed by atoms with Crippen LogP contribution in [-0.4, -0.2) is 30.7 Å². The molecule has 0 aromatic heterocycles. The summed E-state index contributed by atoms with van der Waals surface area (Å²) in [5.41, 5.74) is 2.69. The monoisotopic (exact) mass is 334 g/mol. The molecule has 1 unspecified atom stereocenters. The average Bonchev–Trinajstić information content (AvgIpc) is 3.15. The molecule has 0 radical (unpaired) electrons. The van der Waals surface area contributed by atoms with Crippen LogP contribution in [0, 0.1) is 17.2 Å². The molecule has 25 heavy (non-hydrogen) atoms. The molecule has 0 saturated carbocycles. The highest BCUT2D eigenvalue weighted by atomic mass is 16.7. The molecule has 0 N–H and O–H groups in total. The number of nitrogens with zero attached hydrogens (tertiary/aromatic N) is 2. The van der Waals surface area contributed by atoms with Crippen molar-refractivity contribution in [2.24, 2.45) is 5.92 Å². The Hall–Kier alpha value is -3.00. The molecular formula is C20H18N2O3. The van der Waals surface area contributed by atoms with Crippen molar-refractivity contribution in [1.29, 1.82) is 5.26 Å². The fourth-order valence-corrected chi connectivity index (χ4v) is 3.33. The Morgan fingerprint density at radius 1 is 1.08 bits per heavy atom. The zero-order valence-electron chi connectivity index (χ0n) is 13.8. The molecule has 0 spiro atoms. The lowest BCUT2D eigenvalue weighted by Gasteiger charge is -2.29. The van der Waals surface area contributed by atoms with Gasteiger partial charge in [0.1, 0.15) is 0 Å². The second-order valence-corrected chi connectivity index (χ2v) is 6.36. The number of hydrogen-bond donors (Lipinski definition) is 0. The minimum atomic E-state index is -0.0504. The largest absolute Gasteiger partial charge is 0.454 e. The Balaban J connectivity index is 1.52. The highest BCUT2D eigenvalue weighted by Gasteiger charge is 2.24. The number of hydrogen-bond acceptors (Lipinski definition) is 4. The van der Waals surface area contributed by atoms with Crippen LogP contribution < -0.4 is 9.47 Å². The number of carbonyl (C=O) groups excluding carboxylic acids is 1. The summed E-state index contributed by atoms with van der Waals surface area (Å²) in [5, 5.41) is 9.08. The van der Waals surface area contributed by atoms with Crippen LogP contribution in [0.3, 0.4) is 0 Å². The minimum Gasteiger partial charge on any atom is -0.454 e. The van der Waals surface area contributed by atoms with Gasteiger partial charge in [-0.1, -0.05) is 18.2 Å². The Bertz CT molecular complexity index is 839. The zero-order chi connectivity index (χ0) is 17.2. The summed E-state index contributed by atoms with van der Waals surface area (Å²) in [6.07, 6.45) is 1.77. The third-order valence-corrected chi connectivity index (χ3v) is 4.73. The van der Waals surface area contributed by atoms with Gasteiger partial charge in [0.15, 0.2) is 11.5 Å². The van der Waals surface area contributed by atoms with Gasteiger partial charge in [-0.05, 0) is 48.2 Å². The first-order chi connectivity index (χ1) is 12.2. The summed E-state index contributed by atoms with van der Waals surface area (Å²) in [5.74, 6) is 1.45. The molecule has 2 aromatic rings. The van der Waals surface area contributed by atoms with Gasteiger partial charge in [0.2, 0.25) is 6.79 Å². The van der Waals surface area contributed by atoms with Crippen molar-refractivity contribution in [3.63, 3.8) is 0 Å². The Morgan fingerprint density at radius 3 is 2.64 bits per heavy atom. The maximum Gasteiger partial charge on any atom is 0.253 e. The number of fused-ring (bicyclic) bond motifs is 1. The van der Waals surface area contributed by atoms with Gasteiger partial charge in [-0.3, -0.25) is 4.79 Å². The summed E-state index contributed by atoms with van der Waals surface area (Å²) in [6, 6.07) is 15.7. The van der Waals surface area contributed by atoms with Crippen LogP contribution in [0.15, 0.2) is 42.5 Å². The van der Waals surface area contributed by atoms with Gasteiger partial charge in [0.25, 0.3) is 5.91 Å². The van der Waals surface area contributed by atoms with Crippen molar-refractivity contribution in [2.75, 3.05) is 19.9 Å². The molecular weight excluding hydrogens is 316 g/mol. The third-order valence-electron chi connectivity index (χ3n) is 4.73. The molecule has 2 aliphatic rings. The number of benzene rings is 2. The molecule has 2 heterocycles. The third kappa shape index (κ3) is 3.03. The van der Waals surface area contributed by atoms with Crippen LogP contribution in [0.5, 0.6) is 11.5 Å². The summed E-state index contributed by atoms with van der Waals surface area (Å²) in [6.45, 7) is 1.51. The molecule has 1 atom stereocenters. The van der Waals surface area contributed by atoms with Gasteiger partial charge in [-0.2, -0.15) is 5.26 Å². The van der Waals surface area contributed by atoms with Crippen LogP contribution >= 0.6 is 0 Å². The standard InChI is InChI=1S/C20H18N2O3/c21-11-14-2-1-9-22(12-14)20(23)16-5-3-15(4-6-16)17-7-8-18-19(10-17)25-13-24-18/h3-8,10,14H,1-2,9,12-13H2. The molecule has 4 rings (SSSR count). The van der Waals surface area contributed by atoms with E-state index in [1.165, 1.54) is 0 Å². The topological polar surface area (TPSA) is 62.6 Å². The molecule has 5 heteroatoms. The first-order valence-electron chi connectivity index (χ1n) is 8.43. The van der Waals surface area contributed by atoms with Crippen molar-refractivity contribution in [3.8, 4) is 28.7 Å². The van der Waals surface area contributed by atoms with Crippen LogP contribution in [-0.2, 0) is 0 Å². The summed E-state index contributed by atoms with van der Waals surface area (Å²) >= 11 is 0. The number of ether oxygens (including phenoxy) is 2. The molecule has 0 bridgehead atoms.